The van der Waals surface area contributed by atoms with Crippen molar-refractivity contribution in [2.45, 2.75) is 39.0 Å². The van der Waals surface area contributed by atoms with Crippen LogP contribution in [0, 0.1) is 0 Å². The van der Waals surface area contributed by atoms with Gasteiger partial charge in [-0.15, -0.1) is 11.3 Å². The minimum absolute atomic E-state index is 0.151. The second kappa shape index (κ2) is 9.64. The summed E-state index contributed by atoms with van der Waals surface area (Å²) < 4.78 is 7.18. The number of carbonyl (C=O) groups excluding carboxylic acids is 1. The molecule has 1 aromatic carbocycles. The number of carbonyl (C=O) groups is 1. The van der Waals surface area contributed by atoms with Crippen LogP contribution in [-0.4, -0.2) is 32.3 Å². The molecule has 1 aliphatic carbocycles. The molecule has 9 heteroatoms. The summed E-state index contributed by atoms with van der Waals surface area (Å²) in [6.07, 6.45) is 4.46. The summed E-state index contributed by atoms with van der Waals surface area (Å²) in [5.41, 5.74) is 2.56. The van der Waals surface area contributed by atoms with Crippen LogP contribution in [0.25, 0.3) is 16.5 Å². The molecule has 0 spiro atoms. The molecule has 0 unspecified atom stereocenters. The molecule has 2 N–H and O–H groups in total. The number of benzene rings is 1. The highest BCUT2D eigenvalue weighted by Crippen LogP contribution is 2.28. The minimum atomic E-state index is -0.289. The third-order valence-electron chi connectivity index (χ3n) is 5.74. The van der Waals surface area contributed by atoms with E-state index in [1.807, 2.05) is 17.5 Å². The number of hydrogen-bond donors (Lipinski definition) is 2. The van der Waals surface area contributed by atoms with E-state index >= 15 is 0 Å². The summed E-state index contributed by atoms with van der Waals surface area (Å²) in [7, 11) is 0. The molecule has 0 saturated carbocycles. The Morgan fingerprint density at radius 2 is 2.09 bits per heavy atom. The fourth-order valence-corrected chi connectivity index (χ4v) is 4.61. The van der Waals surface area contributed by atoms with Gasteiger partial charge in [-0.25, -0.2) is 4.98 Å². The molecule has 8 nitrogen and oxygen atoms in total. The number of nitrogens with zero attached hydrogens (tertiary/aromatic N) is 3. The van der Waals surface area contributed by atoms with Crippen LogP contribution in [0.3, 0.4) is 0 Å². The van der Waals surface area contributed by atoms with Gasteiger partial charge in [-0.2, -0.15) is 9.78 Å². The SMILES string of the molecule is CCCCOc1ccc(C(=O)Nc2cc(-c3cccs3)nn2-c2nc3c(c(=O)[nH]2)CCC3)cc1. The first kappa shape index (κ1) is 22.1. The summed E-state index contributed by atoms with van der Waals surface area (Å²) in [4.78, 5) is 34.1. The molecule has 0 radical (unpaired) electrons. The number of unbranched alkanes of at least 4 members (excludes halogenated alkanes) is 1. The molecule has 0 saturated heterocycles. The lowest BCUT2D eigenvalue weighted by Gasteiger charge is -2.10. The van der Waals surface area contributed by atoms with Gasteiger partial charge >= 0.3 is 0 Å². The van der Waals surface area contributed by atoms with E-state index in [1.54, 1.807) is 41.7 Å². The predicted octanol–water partition coefficient (Wildman–Crippen LogP) is 4.60. The van der Waals surface area contributed by atoms with Crippen LogP contribution in [0.5, 0.6) is 5.75 Å². The van der Waals surface area contributed by atoms with E-state index in [2.05, 4.69) is 27.3 Å². The van der Waals surface area contributed by atoms with Gasteiger partial charge in [-0.05, 0) is 61.4 Å². The Balaban J connectivity index is 1.45. The second-order valence-electron chi connectivity index (χ2n) is 8.15. The van der Waals surface area contributed by atoms with Crippen molar-refractivity contribution in [2.24, 2.45) is 0 Å². The summed E-state index contributed by atoms with van der Waals surface area (Å²) >= 11 is 1.55. The number of amides is 1. The third-order valence-corrected chi connectivity index (χ3v) is 6.63. The number of H-pyrrole nitrogens is 1. The van der Waals surface area contributed by atoms with E-state index in [4.69, 9.17) is 4.74 Å². The van der Waals surface area contributed by atoms with E-state index in [-0.39, 0.29) is 11.5 Å². The maximum Gasteiger partial charge on any atom is 0.256 e. The number of ether oxygens (including phenoxy) is 1. The number of rotatable bonds is 8. The third kappa shape index (κ3) is 4.51. The highest BCUT2D eigenvalue weighted by molar-refractivity contribution is 7.13. The molecule has 174 valence electrons. The molecule has 0 atom stereocenters. The fraction of sp³-hybridized carbons (Fsp3) is 0.280. The number of aromatic nitrogens is 4. The Bertz CT molecular complexity index is 1360. The zero-order chi connectivity index (χ0) is 23.5. The predicted molar refractivity (Wildman–Crippen MR) is 132 cm³/mol. The Kier molecular flexibility index (Phi) is 6.27. The Morgan fingerprint density at radius 1 is 1.24 bits per heavy atom. The largest absolute Gasteiger partial charge is 0.494 e. The smallest absolute Gasteiger partial charge is 0.256 e. The van der Waals surface area contributed by atoms with Gasteiger partial charge in [0, 0.05) is 17.2 Å². The van der Waals surface area contributed by atoms with Crippen LogP contribution in [-0.2, 0) is 12.8 Å². The van der Waals surface area contributed by atoms with Crippen molar-refractivity contribution in [1.82, 2.24) is 19.7 Å². The summed E-state index contributed by atoms with van der Waals surface area (Å²) in [5.74, 6) is 1.17. The molecule has 3 heterocycles. The monoisotopic (exact) mass is 475 g/mol. The van der Waals surface area contributed by atoms with Gasteiger partial charge in [0.1, 0.15) is 17.3 Å². The van der Waals surface area contributed by atoms with Gasteiger partial charge in [0.05, 0.1) is 17.2 Å². The topological polar surface area (TPSA) is 102 Å². The average Bonchev–Trinajstić information content (AvgIpc) is 3.60. The van der Waals surface area contributed by atoms with Gasteiger partial charge in [-0.1, -0.05) is 19.4 Å². The normalized spacial score (nSPS) is 12.5. The molecule has 5 rings (SSSR count). The van der Waals surface area contributed by atoms with Crippen LogP contribution in [0.15, 0.2) is 52.6 Å². The van der Waals surface area contributed by atoms with E-state index < -0.39 is 0 Å². The number of aromatic amines is 1. The number of thiophene rings is 1. The molecule has 3 aromatic heterocycles. The Labute approximate surface area is 200 Å². The lowest BCUT2D eigenvalue weighted by atomic mass is 10.2. The Morgan fingerprint density at radius 3 is 2.85 bits per heavy atom. The summed E-state index contributed by atoms with van der Waals surface area (Å²) in [6.45, 7) is 2.76. The second-order valence-corrected chi connectivity index (χ2v) is 9.10. The lowest BCUT2D eigenvalue weighted by molar-refractivity contribution is 0.102. The Hall–Kier alpha value is -3.72. The average molecular weight is 476 g/mol. The van der Waals surface area contributed by atoms with Crippen LogP contribution in [0.1, 0.15) is 47.8 Å². The highest BCUT2D eigenvalue weighted by atomic mass is 32.1. The van der Waals surface area contributed by atoms with Crippen molar-refractivity contribution >= 4 is 23.1 Å². The molecular formula is C25H25N5O3S. The van der Waals surface area contributed by atoms with E-state index in [9.17, 15) is 9.59 Å². The fourth-order valence-electron chi connectivity index (χ4n) is 3.93. The molecule has 34 heavy (non-hydrogen) atoms. The van der Waals surface area contributed by atoms with Crippen molar-refractivity contribution in [3.05, 3.63) is 75.0 Å². The van der Waals surface area contributed by atoms with Crippen LogP contribution >= 0.6 is 11.3 Å². The first-order valence-electron chi connectivity index (χ1n) is 11.4. The van der Waals surface area contributed by atoms with E-state index in [0.29, 0.717) is 29.6 Å². The van der Waals surface area contributed by atoms with Crippen molar-refractivity contribution in [3.8, 4) is 22.3 Å². The van der Waals surface area contributed by atoms with Crippen LogP contribution in [0.4, 0.5) is 5.82 Å². The summed E-state index contributed by atoms with van der Waals surface area (Å²) in [6, 6.07) is 12.7. The van der Waals surface area contributed by atoms with Crippen molar-refractivity contribution in [1.29, 1.82) is 0 Å². The molecule has 4 aromatic rings. The summed E-state index contributed by atoms with van der Waals surface area (Å²) in [5, 5.41) is 9.55. The molecule has 1 amide bonds. The quantitative estimate of drug-likeness (QED) is 0.363. The number of fused-ring (bicyclic) bond motifs is 1. The zero-order valence-corrected chi connectivity index (χ0v) is 19.7. The van der Waals surface area contributed by atoms with Crippen molar-refractivity contribution < 1.29 is 9.53 Å². The number of nitrogens with one attached hydrogen (secondary N) is 2. The maximum absolute atomic E-state index is 13.0. The van der Waals surface area contributed by atoms with Crippen molar-refractivity contribution in [3.63, 3.8) is 0 Å². The van der Waals surface area contributed by atoms with Gasteiger partial charge in [0.25, 0.3) is 11.5 Å². The number of aryl methyl sites for hydroxylation is 1. The molecule has 1 aliphatic rings. The maximum atomic E-state index is 13.0. The molecular weight excluding hydrogens is 450 g/mol. The van der Waals surface area contributed by atoms with Gasteiger partial charge < -0.3 is 10.1 Å². The van der Waals surface area contributed by atoms with E-state index in [0.717, 1.165) is 54.0 Å². The van der Waals surface area contributed by atoms with Gasteiger partial charge in [-0.3, -0.25) is 14.6 Å². The number of anilines is 1. The highest BCUT2D eigenvalue weighted by Gasteiger charge is 2.21. The van der Waals surface area contributed by atoms with Crippen molar-refractivity contribution in [2.75, 3.05) is 11.9 Å². The van der Waals surface area contributed by atoms with Crippen LogP contribution < -0.4 is 15.6 Å². The van der Waals surface area contributed by atoms with Gasteiger partial charge in [0.15, 0.2) is 0 Å². The first-order chi connectivity index (χ1) is 16.6. The zero-order valence-electron chi connectivity index (χ0n) is 18.8. The lowest BCUT2D eigenvalue weighted by Crippen LogP contribution is -2.21. The number of hydrogen-bond acceptors (Lipinski definition) is 6. The first-order valence-corrected chi connectivity index (χ1v) is 12.3. The van der Waals surface area contributed by atoms with Gasteiger partial charge in [0.2, 0.25) is 5.95 Å². The van der Waals surface area contributed by atoms with E-state index in [1.165, 1.54) is 4.68 Å². The van der Waals surface area contributed by atoms with Crippen LogP contribution in [0.2, 0.25) is 0 Å². The molecule has 0 aliphatic heterocycles. The minimum Gasteiger partial charge on any atom is -0.494 e. The molecule has 0 fully saturated rings. The standard InChI is InChI=1S/C25H25N5O3S/c1-2-3-13-33-17-11-9-16(10-12-17)23(31)27-22-15-20(21-8-5-14-34-21)29-30(22)25-26-19-7-4-6-18(19)24(32)28-25/h5,8-12,14-15H,2-4,6-7,13H2,1H3,(H,27,31)(H,26,28,32). The molecule has 0 bridgehead atoms.